The summed E-state index contributed by atoms with van der Waals surface area (Å²) >= 11 is 0. The van der Waals surface area contributed by atoms with Crippen molar-refractivity contribution in [3.8, 4) is 0 Å². The second-order valence-corrected chi connectivity index (χ2v) is 6.57. The molecule has 0 saturated carbocycles. The average molecular weight is 327 g/mol. The molecule has 0 saturated heterocycles. The summed E-state index contributed by atoms with van der Waals surface area (Å²) in [6.45, 7) is 8.81. The van der Waals surface area contributed by atoms with E-state index in [1.165, 1.54) is 89.9 Å². The van der Waals surface area contributed by atoms with E-state index >= 15 is 0 Å². The fourth-order valence-electron chi connectivity index (χ4n) is 2.79. The Bertz CT molecular complexity index is 216. The summed E-state index contributed by atoms with van der Waals surface area (Å²) in [7, 11) is 0. The van der Waals surface area contributed by atoms with Crippen LogP contribution < -0.4 is 0 Å². The summed E-state index contributed by atoms with van der Waals surface area (Å²) < 4.78 is 10.8. The molecule has 0 amide bonds. The van der Waals surface area contributed by atoms with Crippen LogP contribution >= 0.6 is 0 Å². The van der Waals surface area contributed by atoms with Crippen molar-refractivity contribution in [1.82, 2.24) is 0 Å². The van der Waals surface area contributed by atoms with Crippen LogP contribution in [-0.2, 0) is 9.47 Å². The van der Waals surface area contributed by atoms with Gasteiger partial charge in [-0.1, -0.05) is 96.5 Å². The van der Waals surface area contributed by atoms with Gasteiger partial charge in [-0.25, -0.2) is 0 Å². The molecule has 0 aliphatic heterocycles. The standard InChI is InChI=1S/C21H42O2/c1-3-5-6-7-8-9-10-11-12-13-14-15-16-17-19-23-21-20-22-18-4-2/h4H,2-3,5-21H2,1H3. The molecule has 23 heavy (non-hydrogen) atoms. The molecule has 0 unspecified atom stereocenters. The van der Waals surface area contributed by atoms with Crippen molar-refractivity contribution in [1.29, 1.82) is 0 Å². The molecule has 0 N–H and O–H groups in total. The van der Waals surface area contributed by atoms with Crippen LogP contribution in [0.2, 0.25) is 0 Å². The first-order valence-electron chi connectivity index (χ1n) is 10.2. The molecule has 0 radical (unpaired) electrons. The molecule has 0 spiro atoms. The smallest absolute Gasteiger partial charge is 0.0704 e. The van der Waals surface area contributed by atoms with Gasteiger partial charge in [0.15, 0.2) is 0 Å². The largest absolute Gasteiger partial charge is 0.379 e. The van der Waals surface area contributed by atoms with Crippen molar-refractivity contribution in [2.45, 2.75) is 96.8 Å². The van der Waals surface area contributed by atoms with Crippen molar-refractivity contribution >= 4 is 0 Å². The highest BCUT2D eigenvalue weighted by Gasteiger charge is 1.94. The molecule has 0 aromatic heterocycles. The Morgan fingerprint density at radius 1 is 0.565 bits per heavy atom. The van der Waals surface area contributed by atoms with Gasteiger partial charge in [0.1, 0.15) is 0 Å². The Labute approximate surface area is 146 Å². The minimum Gasteiger partial charge on any atom is -0.379 e. The normalized spacial score (nSPS) is 11.0. The van der Waals surface area contributed by atoms with Crippen LogP contribution in [0.3, 0.4) is 0 Å². The van der Waals surface area contributed by atoms with Crippen LogP contribution in [0.4, 0.5) is 0 Å². The highest BCUT2D eigenvalue weighted by atomic mass is 16.5. The van der Waals surface area contributed by atoms with Gasteiger partial charge in [0.2, 0.25) is 0 Å². The molecule has 0 atom stereocenters. The summed E-state index contributed by atoms with van der Waals surface area (Å²) in [5.74, 6) is 0. The Kier molecular flexibility index (Phi) is 21.3. The molecule has 0 heterocycles. The fourth-order valence-corrected chi connectivity index (χ4v) is 2.79. The Morgan fingerprint density at radius 3 is 1.48 bits per heavy atom. The second kappa shape index (κ2) is 21.7. The molecule has 0 aromatic carbocycles. The fraction of sp³-hybridized carbons (Fsp3) is 0.905. The quantitative estimate of drug-likeness (QED) is 0.183. The lowest BCUT2D eigenvalue weighted by atomic mass is 10.0. The summed E-state index contributed by atoms with van der Waals surface area (Å²) in [4.78, 5) is 0. The summed E-state index contributed by atoms with van der Waals surface area (Å²) in [6.07, 6.45) is 21.4. The molecule has 2 nitrogen and oxygen atoms in total. The number of hydrogen-bond acceptors (Lipinski definition) is 2. The van der Waals surface area contributed by atoms with Gasteiger partial charge in [0.25, 0.3) is 0 Å². The van der Waals surface area contributed by atoms with Crippen LogP contribution in [0.25, 0.3) is 0 Å². The van der Waals surface area contributed by atoms with Crippen molar-refractivity contribution in [2.24, 2.45) is 0 Å². The molecule has 138 valence electrons. The maximum Gasteiger partial charge on any atom is 0.0704 e. The number of rotatable bonds is 20. The zero-order valence-corrected chi connectivity index (χ0v) is 15.8. The summed E-state index contributed by atoms with van der Waals surface area (Å²) in [5.41, 5.74) is 0. The van der Waals surface area contributed by atoms with Gasteiger partial charge in [-0.05, 0) is 6.42 Å². The lowest BCUT2D eigenvalue weighted by molar-refractivity contribution is 0.0567. The molecule has 0 fully saturated rings. The number of hydrogen-bond donors (Lipinski definition) is 0. The van der Waals surface area contributed by atoms with Crippen LogP contribution in [0.15, 0.2) is 12.7 Å². The lowest BCUT2D eigenvalue weighted by Gasteiger charge is -2.05. The topological polar surface area (TPSA) is 18.5 Å². The Hall–Kier alpha value is -0.340. The molecular formula is C21H42O2. The van der Waals surface area contributed by atoms with E-state index in [-0.39, 0.29) is 0 Å². The van der Waals surface area contributed by atoms with Crippen LogP contribution in [-0.4, -0.2) is 26.4 Å². The van der Waals surface area contributed by atoms with E-state index in [4.69, 9.17) is 9.47 Å². The van der Waals surface area contributed by atoms with Crippen molar-refractivity contribution in [3.05, 3.63) is 12.7 Å². The monoisotopic (exact) mass is 326 g/mol. The minimum absolute atomic E-state index is 0.627. The minimum atomic E-state index is 0.627. The highest BCUT2D eigenvalue weighted by molar-refractivity contribution is 4.63. The first-order valence-corrected chi connectivity index (χ1v) is 10.2. The first-order chi connectivity index (χ1) is 11.4. The molecule has 0 rings (SSSR count). The number of ether oxygens (including phenoxy) is 2. The van der Waals surface area contributed by atoms with Gasteiger partial charge in [0.05, 0.1) is 19.8 Å². The van der Waals surface area contributed by atoms with Gasteiger partial charge < -0.3 is 9.47 Å². The average Bonchev–Trinajstić information content (AvgIpc) is 2.57. The van der Waals surface area contributed by atoms with E-state index in [1.54, 1.807) is 6.08 Å². The Morgan fingerprint density at radius 2 is 1.00 bits per heavy atom. The van der Waals surface area contributed by atoms with Crippen LogP contribution in [0.1, 0.15) is 96.8 Å². The van der Waals surface area contributed by atoms with Crippen molar-refractivity contribution < 1.29 is 9.47 Å². The second-order valence-electron chi connectivity index (χ2n) is 6.57. The molecular weight excluding hydrogens is 284 g/mol. The van der Waals surface area contributed by atoms with Crippen LogP contribution in [0, 0.1) is 0 Å². The SMILES string of the molecule is C=CCOCCOCCCCCCCCCCCCCCCC. The van der Waals surface area contributed by atoms with Crippen LogP contribution in [0.5, 0.6) is 0 Å². The predicted molar refractivity (Wildman–Crippen MR) is 102 cm³/mol. The highest BCUT2D eigenvalue weighted by Crippen LogP contribution is 2.12. The Balaban J connectivity index is 2.93. The van der Waals surface area contributed by atoms with Gasteiger partial charge in [-0.3, -0.25) is 0 Å². The molecule has 0 aliphatic rings. The summed E-state index contributed by atoms with van der Waals surface area (Å²) in [5, 5.41) is 0. The zero-order valence-electron chi connectivity index (χ0n) is 15.8. The van der Waals surface area contributed by atoms with E-state index in [9.17, 15) is 0 Å². The summed E-state index contributed by atoms with van der Waals surface area (Å²) in [6, 6.07) is 0. The third-order valence-electron chi connectivity index (χ3n) is 4.25. The number of unbranched alkanes of at least 4 members (excludes halogenated alkanes) is 13. The van der Waals surface area contributed by atoms with E-state index < -0.39 is 0 Å². The van der Waals surface area contributed by atoms with Crippen molar-refractivity contribution in [2.75, 3.05) is 26.4 Å². The molecule has 0 aromatic rings. The lowest BCUT2D eigenvalue weighted by Crippen LogP contribution is -2.05. The van der Waals surface area contributed by atoms with E-state index in [2.05, 4.69) is 13.5 Å². The molecule has 2 heteroatoms. The maximum absolute atomic E-state index is 5.53. The van der Waals surface area contributed by atoms with E-state index in [1.807, 2.05) is 0 Å². The third-order valence-corrected chi connectivity index (χ3v) is 4.25. The molecule has 0 bridgehead atoms. The van der Waals surface area contributed by atoms with Gasteiger partial charge >= 0.3 is 0 Å². The van der Waals surface area contributed by atoms with E-state index in [0.29, 0.717) is 19.8 Å². The van der Waals surface area contributed by atoms with E-state index in [0.717, 1.165) is 6.61 Å². The molecule has 0 aliphatic carbocycles. The predicted octanol–water partition coefficient (Wildman–Crippen LogP) is 6.69. The first kappa shape index (κ1) is 22.7. The van der Waals surface area contributed by atoms with Gasteiger partial charge in [0, 0.05) is 6.61 Å². The zero-order chi connectivity index (χ0) is 16.8. The van der Waals surface area contributed by atoms with Gasteiger partial charge in [-0.2, -0.15) is 0 Å². The van der Waals surface area contributed by atoms with Gasteiger partial charge in [-0.15, -0.1) is 6.58 Å². The van der Waals surface area contributed by atoms with Crippen molar-refractivity contribution in [3.63, 3.8) is 0 Å². The third kappa shape index (κ3) is 21.7. The maximum atomic E-state index is 5.53.